The lowest BCUT2D eigenvalue weighted by Gasteiger charge is -2.57. The molecule has 0 unspecified atom stereocenters. The number of nitrogens with zero attached hydrogens (tertiary/aromatic N) is 1. The summed E-state index contributed by atoms with van der Waals surface area (Å²) < 4.78 is 10.7. The minimum Gasteiger partial charge on any atom is -0.460 e. The second-order valence-corrected chi connectivity index (χ2v) is 11.9. The number of hydrogen-bond donors (Lipinski definition) is 1. The molecule has 0 saturated heterocycles. The number of aromatic nitrogens is 1. The van der Waals surface area contributed by atoms with Crippen molar-refractivity contribution in [3.05, 3.63) is 17.8 Å². The topological polar surface area (TPSA) is 72.6 Å². The summed E-state index contributed by atoms with van der Waals surface area (Å²) >= 11 is 0. The molecule has 1 N–H and O–H groups in total. The van der Waals surface area contributed by atoms with E-state index >= 15 is 0 Å². The normalized spacial score (nSPS) is 43.2. The van der Waals surface area contributed by atoms with E-state index in [1.807, 2.05) is 0 Å². The van der Waals surface area contributed by atoms with E-state index in [0.29, 0.717) is 17.9 Å². The molecule has 0 radical (unpaired) electrons. The Morgan fingerprint density at radius 2 is 1.94 bits per heavy atom. The number of carbonyl (C=O) groups excluding carboxylic acids is 1. The smallest absolute Gasteiger partial charge is 0.375 e. The molecule has 4 fully saturated rings. The van der Waals surface area contributed by atoms with Crippen LogP contribution in [-0.2, 0) is 11.2 Å². The van der Waals surface area contributed by atoms with Gasteiger partial charge in [-0.15, -0.1) is 0 Å². The maximum atomic E-state index is 11.9. The molecular weight excluding hydrogens is 402 g/mol. The van der Waals surface area contributed by atoms with Gasteiger partial charge in [-0.2, -0.15) is 0 Å². The van der Waals surface area contributed by atoms with Crippen molar-refractivity contribution >= 4 is 5.97 Å². The lowest BCUT2D eigenvalue weighted by Crippen LogP contribution is -2.50. The molecule has 1 heterocycles. The Hall–Kier alpha value is -1.36. The van der Waals surface area contributed by atoms with Gasteiger partial charge in [-0.25, -0.2) is 9.78 Å². The van der Waals surface area contributed by atoms with Crippen LogP contribution in [0.15, 0.2) is 10.6 Å². The first-order valence-electron chi connectivity index (χ1n) is 13.1. The van der Waals surface area contributed by atoms with Gasteiger partial charge < -0.3 is 14.3 Å². The van der Waals surface area contributed by atoms with E-state index in [0.717, 1.165) is 61.2 Å². The molecule has 5 rings (SSSR count). The molecule has 5 nitrogen and oxygen atoms in total. The Bertz CT molecular complexity index is 831. The fraction of sp³-hybridized carbons (Fsp3) is 0.852. The zero-order chi connectivity index (χ0) is 22.5. The molecule has 1 aromatic heterocycles. The minimum absolute atomic E-state index is 0.223. The van der Waals surface area contributed by atoms with Crippen LogP contribution < -0.4 is 0 Å². The fourth-order valence-corrected chi connectivity index (χ4v) is 8.68. The first kappa shape index (κ1) is 22.4. The van der Waals surface area contributed by atoms with Gasteiger partial charge in [-0.1, -0.05) is 6.92 Å². The van der Waals surface area contributed by atoms with Crippen LogP contribution in [0.5, 0.6) is 0 Å². The maximum Gasteiger partial charge on any atom is 0.375 e. The second kappa shape index (κ2) is 8.45. The number of aryl methyl sites for hydroxylation is 1. The number of hydrogen-bond acceptors (Lipinski definition) is 5. The number of esters is 1. The molecule has 0 aromatic carbocycles. The third kappa shape index (κ3) is 3.93. The van der Waals surface area contributed by atoms with Gasteiger partial charge >= 0.3 is 5.97 Å². The molecule has 178 valence electrons. The van der Waals surface area contributed by atoms with Gasteiger partial charge in [0.25, 0.3) is 0 Å². The molecule has 4 saturated carbocycles. The number of carbonyl (C=O) groups is 1. The number of fused-ring (bicyclic) bond motifs is 5. The van der Waals surface area contributed by atoms with Gasteiger partial charge in [0.15, 0.2) is 5.89 Å². The molecule has 1 aromatic rings. The van der Waals surface area contributed by atoms with Gasteiger partial charge in [-0.3, -0.25) is 0 Å². The van der Waals surface area contributed by atoms with Crippen LogP contribution >= 0.6 is 0 Å². The van der Waals surface area contributed by atoms with Crippen LogP contribution in [0, 0.1) is 40.9 Å². The fourth-order valence-electron chi connectivity index (χ4n) is 8.68. The first-order chi connectivity index (χ1) is 15.3. The summed E-state index contributed by atoms with van der Waals surface area (Å²) in [6.07, 6.45) is 14.8. The van der Waals surface area contributed by atoms with Crippen molar-refractivity contribution in [2.24, 2.45) is 40.9 Å². The lowest BCUT2D eigenvalue weighted by atomic mass is 9.49. The van der Waals surface area contributed by atoms with Crippen LogP contribution in [0.1, 0.15) is 101 Å². The van der Waals surface area contributed by atoms with Crippen LogP contribution in [0.3, 0.4) is 0 Å². The highest BCUT2D eigenvalue weighted by Crippen LogP contribution is 2.65. The number of rotatable bonds is 5. The summed E-state index contributed by atoms with van der Waals surface area (Å²) in [5, 5.41) is 10.6. The quantitative estimate of drug-likeness (QED) is 0.582. The van der Waals surface area contributed by atoms with E-state index < -0.39 is 11.6 Å². The third-order valence-electron chi connectivity index (χ3n) is 10.2. The van der Waals surface area contributed by atoms with Crippen LogP contribution in [0.25, 0.3) is 0 Å². The van der Waals surface area contributed by atoms with Crippen molar-refractivity contribution in [3.8, 4) is 0 Å². The monoisotopic (exact) mass is 443 g/mol. The van der Waals surface area contributed by atoms with Gasteiger partial charge in [0.1, 0.15) is 0 Å². The standard InChI is InChI=1S/C27H41NO4/c1-4-31-25(29)23-16-28-24(32-23)10-7-18-6-9-22-21-8-5-17-15-26(2,30)13-11-19(17)20(21)12-14-27(18,22)3/h16-22,30H,4-15H2,1-3H3/t17-,18+,19-,20+,21+,22-,26+,27+/m0/s1. The summed E-state index contributed by atoms with van der Waals surface area (Å²) in [5.74, 6) is 5.43. The van der Waals surface area contributed by atoms with Crippen molar-refractivity contribution in [1.82, 2.24) is 4.98 Å². The minimum atomic E-state index is -0.428. The molecule has 0 aliphatic heterocycles. The van der Waals surface area contributed by atoms with Crippen molar-refractivity contribution in [2.45, 2.75) is 97.0 Å². The van der Waals surface area contributed by atoms with Gasteiger partial charge in [-0.05, 0) is 119 Å². The predicted octanol–water partition coefficient (Wildman–Crippen LogP) is 5.80. The largest absolute Gasteiger partial charge is 0.460 e. The summed E-state index contributed by atoms with van der Waals surface area (Å²) in [5.41, 5.74) is 0.00734. The van der Waals surface area contributed by atoms with E-state index in [2.05, 4.69) is 18.8 Å². The molecule has 4 aliphatic carbocycles. The van der Waals surface area contributed by atoms with Gasteiger partial charge in [0.2, 0.25) is 5.76 Å². The average Bonchev–Trinajstić information content (AvgIpc) is 3.35. The first-order valence-corrected chi connectivity index (χ1v) is 13.1. The van der Waals surface area contributed by atoms with E-state index in [1.54, 1.807) is 6.92 Å². The Morgan fingerprint density at radius 3 is 2.75 bits per heavy atom. The van der Waals surface area contributed by atoms with Crippen LogP contribution in [0.4, 0.5) is 0 Å². The summed E-state index contributed by atoms with van der Waals surface area (Å²) in [6.45, 7) is 6.77. The Labute approximate surface area is 192 Å². The van der Waals surface area contributed by atoms with Crippen molar-refractivity contribution in [3.63, 3.8) is 0 Å². The van der Waals surface area contributed by atoms with Gasteiger partial charge in [0.05, 0.1) is 18.4 Å². The van der Waals surface area contributed by atoms with Gasteiger partial charge in [0, 0.05) is 6.42 Å². The van der Waals surface area contributed by atoms with Crippen molar-refractivity contribution in [1.29, 1.82) is 0 Å². The third-order valence-corrected chi connectivity index (χ3v) is 10.2. The Balaban J connectivity index is 1.22. The summed E-state index contributed by atoms with van der Waals surface area (Å²) in [6, 6.07) is 0. The molecule has 32 heavy (non-hydrogen) atoms. The van der Waals surface area contributed by atoms with E-state index in [-0.39, 0.29) is 5.76 Å². The van der Waals surface area contributed by atoms with Crippen molar-refractivity contribution in [2.75, 3.05) is 6.61 Å². The number of oxazole rings is 1. The zero-order valence-electron chi connectivity index (χ0n) is 20.1. The molecule has 0 spiro atoms. The van der Waals surface area contributed by atoms with E-state index in [1.165, 1.54) is 51.1 Å². The van der Waals surface area contributed by atoms with E-state index in [4.69, 9.17) is 9.15 Å². The van der Waals surface area contributed by atoms with E-state index in [9.17, 15) is 9.90 Å². The highest BCUT2D eigenvalue weighted by molar-refractivity contribution is 5.85. The molecular formula is C27H41NO4. The zero-order valence-corrected chi connectivity index (χ0v) is 20.1. The van der Waals surface area contributed by atoms with Crippen molar-refractivity contribution < 1.29 is 19.1 Å². The Kier molecular flexibility index (Phi) is 5.92. The second-order valence-electron chi connectivity index (χ2n) is 11.9. The molecule has 8 atom stereocenters. The molecule has 0 amide bonds. The van der Waals surface area contributed by atoms with Crippen LogP contribution in [0.2, 0.25) is 0 Å². The van der Waals surface area contributed by atoms with Crippen LogP contribution in [-0.4, -0.2) is 28.3 Å². The predicted molar refractivity (Wildman–Crippen MR) is 122 cm³/mol. The molecule has 5 heteroatoms. The average molecular weight is 444 g/mol. The molecule has 4 aliphatic rings. The summed E-state index contributed by atoms with van der Waals surface area (Å²) in [7, 11) is 0. The number of ether oxygens (including phenoxy) is 1. The number of aliphatic hydroxyl groups is 1. The lowest BCUT2D eigenvalue weighted by molar-refractivity contribution is -0.0999. The maximum absolute atomic E-state index is 11.9. The highest BCUT2D eigenvalue weighted by Gasteiger charge is 2.57. The highest BCUT2D eigenvalue weighted by atomic mass is 16.5. The summed E-state index contributed by atoms with van der Waals surface area (Å²) in [4.78, 5) is 16.2. The Morgan fingerprint density at radius 1 is 1.12 bits per heavy atom. The SMILES string of the molecule is CCOC(=O)c1cnc(CC[C@H]2CC[C@H]3[C@@H]4CC[C@H]5C[C@](C)(O)CC[C@@H]5[C@H]4CC[C@]23C)o1. The molecule has 0 bridgehead atoms.